The zero-order valence-corrected chi connectivity index (χ0v) is 8.88. The summed E-state index contributed by atoms with van der Waals surface area (Å²) < 4.78 is 0. The summed E-state index contributed by atoms with van der Waals surface area (Å²) >= 11 is 0. The van der Waals surface area contributed by atoms with Crippen molar-refractivity contribution in [2.75, 3.05) is 14.1 Å². The Morgan fingerprint density at radius 1 is 1.54 bits per heavy atom. The molecular weight excluding hydrogens is 166 g/mol. The van der Waals surface area contributed by atoms with Gasteiger partial charge in [0.15, 0.2) is 0 Å². The Morgan fingerprint density at radius 3 is 2.31 bits per heavy atom. The van der Waals surface area contributed by atoms with Crippen molar-refractivity contribution in [2.24, 2.45) is 0 Å². The maximum absolute atomic E-state index is 11.6. The zero-order valence-electron chi connectivity index (χ0n) is 8.88. The number of nitrogens with zero attached hydrogens (tertiary/aromatic N) is 2. The number of nitriles is 1. The van der Waals surface area contributed by atoms with Crippen LogP contribution < -0.4 is 5.32 Å². The molecule has 0 bridgehead atoms. The van der Waals surface area contributed by atoms with Gasteiger partial charge in [-0.25, -0.2) is 0 Å². The summed E-state index contributed by atoms with van der Waals surface area (Å²) in [6.07, 6.45) is 0. The van der Waals surface area contributed by atoms with Crippen LogP contribution in [0.2, 0.25) is 0 Å². The number of rotatable bonds is 3. The molecule has 1 amide bonds. The summed E-state index contributed by atoms with van der Waals surface area (Å²) in [5.74, 6) is -0.133. The summed E-state index contributed by atoms with van der Waals surface area (Å²) in [6, 6.07) is 1.52. The molecule has 0 radical (unpaired) electrons. The van der Waals surface area contributed by atoms with Gasteiger partial charge in [-0.2, -0.15) is 5.26 Å². The van der Waals surface area contributed by atoms with Crippen LogP contribution in [0, 0.1) is 11.3 Å². The predicted octanol–water partition coefficient (Wildman–Crippen LogP) is 0.355. The van der Waals surface area contributed by atoms with E-state index in [2.05, 4.69) is 5.32 Å². The largest absolute Gasteiger partial charge is 0.339 e. The summed E-state index contributed by atoms with van der Waals surface area (Å²) in [5.41, 5.74) is -0.578. The van der Waals surface area contributed by atoms with E-state index in [0.717, 1.165) is 0 Å². The van der Waals surface area contributed by atoms with Gasteiger partial charge in [-0.3, -0.25) is 9.69 Å². The molecule has 4 nitrogen and oxygen atoms in total. The second kappa shape index (κ2) is 4.24. The quantitative estimate of drug-likeness (QED) is 0.687. The fourth-order valence-electron chi connectivity index (χ4n) is 0.609. The van der Waals surface area contributed by atoms with Crippen LogP contribution in [0.3, 0.4) is 0 Å². The van der Waals surface area contributed by atoms with Gasteiger partial charge < -0.3 is 5.32 Å². The van der Waals surface area contributed by atoms with E-state index < -0.39 is 11.6 Å². The average molecular weight is 183 g/mol. The van der Waals surface area contributed by atoms with Crippen LogP contribution in [-0.2, 0) is 4.79 Å². The van der Waals surface area contributed by atoms with Crippen LogP contribution in [0.25, 0.3) is 0 Å². The molecule has 1 N–H and O–H groups in total. The molecule has 74 valence electrons. The van der Waals surface area contributed by atoms with E-state index in [-0.39, 0.29) is 5.91 Å². The first-order valence-electron chi connectivity index (χ1n) is 4.20. The lowest BCUT2D eigenvalue weighted by Crippen LogP contribution is -2.53. The van der Waals surface area contributed by atoms with E-state index in [1.807, 2.05) is 38.9 Å². The highest BCUT2D eigenvalue weighted by molar-refractivity contribution is 5.85. The van der Waals surface area contributed by atoms with Crippen molar-refractivity contribution < 1.29 is 4.79 Å². The van der Waals surface area contributed by atoms with Crippen molar-refractivity contribution >= 4 is 5.91 Å². The molecule has 0 saturated heterocycles. The number of hydrogen-bond donors (Lipinski definition) is 1. The summed E-state index contributed by atoms with van der Waals surface area (Å²) in [6.45, 7) is 5.28. The van der Waals surface area contributed by atoms with Crippen molar-refractivity contribution in [3.05, 3.63) is 0 Å². The molecule has 1 atom stereocenters. The molecule has 0 aliphatic carbocycles. The maximum atomic E-state index is 11.6. The van der Waals surface area contributed by atoms with Crippen LogP contribution in [0.15, 0.2) is 0 Å². The SMILES string of the molecule is C[C@H](C#N)NC(=O)C(C)(C)N(C)C. The van der Waals surface area contributed by atoms with Gasteiger partial charge in [0, 0.05) is 0 Å². The van der Waals surface area contributed by atoms with Crippen molar-refractivity contribution in [2.45, 2.75) is 32.4 Å². The Bertz CT molecular complexity index is 228. The molecule has 0 spiro atoms. The average Bonchev–Trinajstić information content (AvgIpc) is 2.03. The monoisotopic (exact) mass is 183 g/mol. The summed E-state index contributed by atoms with van der Waals surface area (Å²) in [7, 11) is 3.66. The molecule has 0 rings (SSSR count). The molecule has 0 aliphatic rings. The third kappa shape index (κ3) is 3.03. The molecule has 4 heteroatoms. The van der Waals surface area contributed by atoms with Crippen molar-refractivity contribution in [3.8, 4) is 6.07 Å². The van der Waals surface area contributed by atoms with E-state index in [1.54, 1.807) is 6.92 Å². The lowest BCUT2D eigenvalue weighted by atomic mass is 10.0. The molecule has 0 unspecified atom stereocenters. The predicted molar refractivity (Wildman–Crippen MR) is 51.0 cm³/mol. The Balaban J connectivity index is 4.36. The third-order valence-electron chi connectivity index (χ3n) is 2.21. The van der Waals surface area contributed by atoms with Crippen LogP contribution in [0.4, 0.5) is 0 Å². The second-order valence-electron chi connectivity index (χ2n) is 3.78. The normalized spacial score (nSPS) is 13.6. The fraction of sp³-hybridized carbons (Fsp3) is 0.778. The van der Waals surface area contributed by atoms with Gasteiger partial charge in [0.1, 0.15) is 6.04 Å². The van der Waals surface area contributed by atoms with Crippen LogP contribution >= 0.6 is 0 Å². The van der Waals surface area contributed by atoms with E-state index in [9.17, 15) is 4.79 Å². The topological polar surface area (TPSA) is 56.1 Å². The van der Waals surface area contributed by atoms with Crippen molar-refractivity contribution in [1.29, 1.82) is 5.26 Å². The van der Waals surface area contributed by atoms with E-state index in [1.165, 1.54) is 0 Å². The van der Waals surface area contributed by atoms with Gasteiger partial charge >= 0.3 is 0 Å². The van der Waals surface area contributed by atoms with Crippen LogP contribution in [0.5, 0.6) is 0 Å². The fourth-order valence-corrected chi connectivity index (χ4v) is 0.609. The molecule has 0 saturated carbocycles. The standard InChI is InChI=1S/C9H17N3O/c1-7(6-10)11-8(13)9(2,3)12(4)5/h7H,1-5H3,(H,11,13)/t7-/m1/s1. The van der Waals surface area contributed by atoms with E-state index in [4.69, 9.17) is 5.26 Å². The lowest BCUT2D eigenvalue weighted by Gasteiger charge is -2.31. The molecular formula is C9H17N3O. The molecule has 0 aromatic carbocycles. The van der Waals surface area contributed by atoms with Gasteiger partial charge in [0.05, 0.1) is 11.6 Å². The number of nitrogens with one attached hydrogen (secondary N) is 1. The Kier molecular flexibility index (Phi) is 3.89. The van der Waals surface area contributed by atoms with E-state index >= 15 is 0 Å². The first-order chi connectivity index (χ1) is 5.82. The maximum Gasteiger partial charge on any atom is 0.240 e. The van der Waals surface area contributed by atoms with Gasteiger partial charge in [0.2, 0.25) is 5.91 Å². The minimum atomic E-state index is -0.578. The molecule has 0 aromatic rings. The van der Waals surface area contributed by atoms with Crippen molar-refractivity contribution in [1.82, 2.24) is 10.2 Å². The van der Waals surface area contributed by atoms with Gasteiger partial charge in [-0.05, 0) is 34.9 Å². The molecule has 13 heavy (non-hydrogen) atoms. The summed E-state index contributed by atoms with van der Waals surface area (Å²) in [4.78, 5) is 13.4. The van der Waals surface area contributed by atoms with Crippen LogP contribution in [0.1, 0.15) is 20.8 Å². The lowest BCUT2D eigenvalue weighted by molar-refractivity contribution is -0.130. The molecule has 0 aliphatic heterocycles. The minimum absolute atomic E-state index is 0.133. The highest BCUT2D eigenvalue weighted by Crippen LogP contribution is 2.09. The Labute approximate surface area is 79.5 Å². The zero-order chi connectivity index (χ0) is 10.6. The molecule has 0 aromatic heterocycles. The number of carbonyl (C=O) groups is 1. The highest BCUT2D eigenvalue weighted by atomic mass is 16.2. The Hall–Kier alpha value is -1.08. The highest BCUT2D eigenvalue weighted by Gasteiger charge is 2.30. The molecule has 0 fully saturated rings. The first kappa shape index (κ1) is 11.9. The number of hydrogen-bond acceptors (Lipinski definition) is 3. The van der Waals surface area contributed by atoms with Gasteiger partial charge in [-0.15, -0.1) is 0 Å². The van der Waals surface area contributed by atoms with E-state index in [0.29, 0.717) is 0 Å². The van der Waals surface area contributed by atoms with Crippen LogP contribution in [-0.4, -0.2) is 36.5 Å². The van der Waals surface area contributed by atoms with Crippen molar-refractivity contribution in [3.63, 3.8) is 0 Å². The van der Waals surface area contributed by atoms with Gasteiger partial charge in [0.25, 0.3) is 0 Å². The smallest absolute Gasteiger partial charge is 0.240 e. The third-order valence-corrected chi connectivity index (χ3v) is 2.21. The van der Waals surface area contributed by atoms with Gasteiger partial charge in [-0.1, -0.05) is 0 Å². The number of amides is 1. The first-order valence-corrected chi connectivity index (χ1v) is 4.20. The number of likely N-dealkylation sites (N-methyl/N-ethyl adjacent to an activating group) is 1. The second-order valence-corrected chi connectivity index (χ2v) is 3.78. The number of carbonyl (C=O) groups excluding carboxylic acids is 1. The summed E-state index contributed by atoms with van der Waals surface area (Å²) in [5, 5.41) is 11.1. The Morgan fingerprint density at radius 2 is 2.00 bits per heavy atom. The minimum Gasteiger partial charge on any atom is -0.339 e. The molecule has 0 heterocycles.